The molecule has 0 spiro atoms. The molecule has 2 aliphatic rings. The van der Waals surface area contributed by atoms with Gasteiger partial charge >= 0.3 is 0 Å². The predicted octanol–water partition coefficient (Wildman–Crippen LogP) is 1.16. The minimum Gasteiger partial charge on any atom is -0.312 e. The highest BCUT2D eigenvalue weighted by Crippen LogP contribution is 2.22. The number of nitrogens with zero attached hydrogens (tertiary/aromatic N) is 1. The highest BCUT2D eigenvalue weighted by Gasteiger charge is 2.32. The Bertz CT molecular complexity index is 392. The number of piperidine rings is 1. The molecule has 3 rings (SSSR count). The van der Waals surface area contributed by atoms with Crippen molar-refractivity contribution in [2.75, 3.05) is 26.2 Å². The van der Waals surface area contributed by atoms with Crippen LogP contribution in [-0.2, 0) is 0 Å². The van der Waals surface area contributed by atoms with Crippen molar-refractivity contribution in [3.05, 3.63) is 35.9 Å². The molecule has 2 fully saturated rings. The van der Waals surface area contributed by atoms with Gasteiger partial charge in [-0.1, -0.05) is 30.3 Å². The number of nitrogens with one attached hydrogen (secondary N) is 1. The van der Waals surface area contributed by atoms with Gasteiger partial charge in [0.25, 0.3) is 0 Å². The molecule has 1 aromatic rings. The fourth-order valence-corrected chi connectivity index (χ4v) is 2.98. The van der Waals surface area contributed by atoms with Crippen LogP contribution >= 0.6 is 0 Å². The van der Waals surface area contributed by atoms with E-state index < -0.39 is 0 Å². The van der Waals surface area contributed by atoms with Crippen LogP contribution in [0.3, 0.4) is 0 Å². The Morgan fingerprint density at radius 2 is 2.12 bits per heavy atom. The monoisotopic (exact) mass is 230 g/mol. The van der Waals surface area contributed by atoms with E-state index in [4.69, 9.17) is 0 Å². The maximum absolute atomic E-state index is 12.1. The Balaban J connectivity index is 1.62. The molecule has 0 aliphatic carbocycles. The van der Waals surface area contributed by atoms with E-state index >= 15 is 0 Å². The van der Waals surface area contributed by atoms with Crippen LogP contribution in [0.5, 0.6) is 0 Å². The number of carbonyl (C=O) groups is 1. The lowest BCUT2D eigenvalue weighted by Crippen LogP contribution is -2.43. The molecule has 2 heterocycles. The summed E-state index contributed by atoms with van der Waals surface area (Å²) in [6.45, 7) is 3.79. The Hall–Kier alpha value is -1.19. The highest BCUT2D eigenvalue weighted by molar-refractivity contribution is 5.97. The molecule has 3 heteroatoms. The van der Waals surface area contributed by atoms with Crippen LogP contribution in [0.15, 0.2) is 30.3 Å². The molecule has 2 saturated heterocycles. The molecule has 0 radical (unpaired) electrons. The molecule has 3 nitrogen and oxygen atoms in total. The first kappa shape index (κ1) is 10.9. The minimum absolute atomic E-state index is 0.243. The van der Waals surface area contributed by atoms with Crippen molar-refractivity contribution in [2.24, 2.45) is 5.92 Å². The molecule has 90 valence electrons. The molecule has 2 unspecified atom stereocenters. The first-order valence-corrected chi connectivity index (χ1v) is 6.35. The van der Waals surface area contributed by atoms with Gasteiger partial charge in [0.15, 0.2) is 5.78 Å². The van der Waals surface area contributed by atoms with Crippen molar-refractivity contribution in [2.45, 2.75) is 12.5 Å². The van der Waals surface area contributed by atoms with Crippen LogP contribution in [0.1, 0.15) is 16.8 Å². The Morgan fingerprint density at radius 1 is 1.29 bits per heavy atom. The number of hydrogen-bond donors (Lipinski definition) is 1. The molecule has 1 N–H and O–H groups in total. The van der Waals surface area contributed by atoms with Crippen LogP contribution in [0.4, 0.5) is 0 Å². The molecule has 2 aliphatic heterocycles. The molecule has 0 amide bonds. The average Bonchev–Trinajstić information content (AvgIpc) is 2.70. The van der Waals surface area contributed by atoms with Gasteiger partial charge in [-0.25, -0.2) is 0 Å². The van der Waals surface area contributed by atoms with Crippen LogP contribution < -0.4 is 5.32 Å². The van der Waals surface area contributed by atoms with E-state index in [1.54, 1.807) is 0 Å². The summed E-state index contributed by atoms with van der Waals surface area (Å²) in [5.74, 6) is 0.990. The van der Waals surface area contributed by atoms with E-state index in [1.165, 1.54) is 6.42 Å². The summed E-state index contributed by atoms with van der Waals surface area (Å²) < 4.78 is 0. The van der Waals surface area contributed by atoms with E-state index in [2.05, 4.69) is 10.2 Å². The normalized spacial score (nSPS) is 28.2. The molecule has 2 bridgehead atoms. The molecular formula is C14H18N2O. The zero-order valence-corrected chi connectivity index (χ0v) is 9.93. The Labute approximate surface area is 102 Å². The van der Waals surface area contributed by atoms with Gasteiger partial charge in [-0.15, -0.1) is 0 Å². The van der Waals surface area contributed by atoms with Gasteiger partial charge in [-0.3, -0.25) is 9.69 Å². The van der Waals surface area contributed by atoms with Crippen molar-refractivity contribution in [1.82, 2.24) is 10.2 Å². The third-order valence-electron chi connectivity index (χ3n) is 3.77. The van der Waals surface area contributed by atoms with Crippen molar-refractivity contribution < 1.29 is 4.79 Å². The van der Waals surface area contributed by atoms with Gasteiger partial charge in [0.05, 0.1) is 6.54 Å². The van der Waals surface area contributed by atoms with Crippen LogP contribution in [0.25, 0.3) is 0 Å². The average molecular weight is 230 g/mol. The fraction of sp³-hybridized carbons (Fsp3) is 0.500. The van der Waals surface area contributed by atoms with Gasteiger partial charge in [0.2, 0.25) is 0 Å². The van der Waals surface area contributed by atoms with Crippen molar-refractivity contribution in [3.8, 4) is 0 Å². The number of benzene rings is 1. The van der Waals surface area contributed by atoms with Crippen LogP contribution in [-0.4, -0.2) is 42.9 Å². The maximum atomic E-state index is 12.1. The molecule has 0 saturated carbocycles. The third-order valence-corrected chi connectivity index (χ3v) is 3.77. The quantitative estimate of drug-likeness (QED) is 0.791. The lowest BCUT2D eigenvalue weighted by atomic mass is 9.99. The van der Waals surface area contributed by atoms with Crippen LogP contribution in [0.2, 0.25) is 0 Å². The smallest absolute Gasteiger partial charge is 0.176 e. The summed E-state index contributed by atoms with van der Waals surface area (Å²) >= 11 is 0. The van der Waals surface area contributed by atoms with Gasteiger partial charge in [0, 0.05) is 24.7 Å². The number of fused-ring (bicyclic) bond motifs is 2. The SMILES string of the molecule is O=C(CN1CC2CNC(C2)C1)c1ccccc1. The zero-order chi connectivity index (χ0) is 11.7. The summed E-state index contributed by atoms with van der Waals surface area (Å²) in [4.78, 5) is 14.4. The largest absolute Gasteiger partial charge is 0.312 e. The second-order valence-corrected chi connectivity index (χ2v) is 5.19. The van der Waals surface area contributed by atoms with Gasteiger partial charge in [0.1, 0.15) is 0 Å². The lowest BCUT2D eigenvalue weighted by molar-refractivity contribution is 0.0898. The predicted molar refractivity (Wildman–Crippen MR) is 67.1 cm³/mol. The third kappa shape index (κ3) is 2.40. The number of rotatable bonds is 3. The standard InChI is InChI=1S/C14H18N2O/c17-14(12-4-2-1-3-5-12)10-16-8-11-6-13(9-16)15-7-11/h1-5,11,13,15H,6-10H2. The Morgan fingerprint density at radius 3 is 2.88 bits per heavy atom. The van der Waals surface area contributed by atoms with E-state index in [0.29, 0.717) is 12.6 Å². The van der Waals surface area contributed by atoms with E-state index in [-0.39, 0.29) is 5.78 Å². The summed E-state index contributed by atoms with van der Waals surface area (Å²) in [7, 11) is 0. The lowest BCUT2D eigenvalue weighted by Gasteiger charge is -2.30. The minimum atomic E-state index is 0.243. The summed E-state index contributed by atoms with van der Waals surface area (Å²) in [6.07, 6.45) is 1.29. The second-order valence-electron chi connectivity index (χ2n) is 5.19. The topological polar surface area (TPSA) is 32.3 Å². The zero-order valence-electron chi connectivity index (χ0n) is 9.93. The van der Waals surface area contributed by atoms with Gasteiger partial charge in [-0.2, -0.15) is 0 Å². The Kier molecular flexibility index (Phi) is 2.95. The number of carbonyl (C=O) groups excluding carboxylic acids is 1. The first-order valence-electron chi connectivity index (χ1n) is 6.35. The number of ketones is 1. The highest BCUT2D eigenvalue weighted by atomic mass is 16.1. The van der Waals surface area contributed by atoms with E-state index in [0.717, 1.165) is 31.1 Å². The second kappa shape index (κ2) is 4.59. The summed E-state index contributed by atoms with van der Waals surface area (Å²) in [5, 5.41) is 3.51. The first-order chi connectivity index (χ1) is 8.31. The number of hydrogen-bond acceptors (Lipinski definition) is 3. The molecule has 1 aromatic carbocycles. The molecule has 17 heavy (non-hydrogen) atoms. The van der Waals surface area contributed by atoms with Crippen molar-refractivity contribution >= 4 is 5.78 Å². The molecular weight excluding hydrogens is 212 g/mol. The fourth-order valence-electron chi connectivity index (χ4n) is 2.98. The van der Waals surface area contributed by atoms with E-state index in [9.17, 15) is 4.79 Å². The van der Waals surface area contributed by atoms with Gasteiger partial charge in [-0.05, 0) is 18.9 Å². The maximum Gasteiger partial charge on any atom is 0.176 e. The summed E-state index contributed by atoms with van der Waals surface area (Å²) in [5.41, 5.74) is 0.832. The summed E-state index contributed by atoms with van der Waals surface area (Å²) in [6, 6.07) is 10.2. The van der Waals surface area contributed by atoms with Crippen LogP contribution in [0, 0.1) is 5.92 Å². The molecule has 0 aromatic heterocycles. The van der Waals surface area contributed by atoms with E-state index in [1.807, 2.05) is 30.3 Å². The van der Waals surface area contributed by atoms with Crippen molar-refractivity contribution in [1.29, 1.82) is 0 Å². The van der Waals surface area contributed by atoms with Gasteiger partial charge < -0.3 is 5.32 Å². The molecule has 2 atom stereocenters. The number of likely N-dealkylation sites (tertiary alicyclic amines) is 1. The van der Waals surface area contributed by atoms with Crippen molar-refractivity contribution in [3.63, 3.8) is 0 Å². The number of Topliss-reactive ketones (excluding diaryl/α,β-unsaturated/α-hetero) is 1.